The van der Waals surface area contributed by atoms with E-state index in [9.17, 15) is 14.7 Å². The third-order valence-corrected chi connectivity index (χ3v) is 12.3. The van der Waals surface area contributed by atoms with Crippen LogP contribution in [0.1, 0.15) is 81.5 Å². The van der Waals surface area contributed by atoms with Crippen LogP contribution in [0.4, 0.5) is 5.69 Å². The number of nitrogens with one attached hydrogen (secondary N) is 1. The molecule has 14 heteroatoms. The minimum atomic E-state index is -1.09. The third kappa shape index (κ3) is 7.93. The second kappa shape index (κ2) is 17.8. The van der Waals surface area contributed by atoms with Crippen molar-refractivity contribution in [2.24, 2.45) is 0 Å². The molecule has 60 heavy (non-hydrogen) atoms. The zero-order valence-corrected chi connectivity index (χ0v) is 36.2. The molecule has 2 unspecified atom stereocenters. The van der Waals surface area contributed by atoms with E-state index in [-0.39, 0.29) is 24.2 Å². The Balaban J connectivity index is 1.47. The molecule has 1 amide bonds. The SMILES string of the molecule is COc1ccnc(Cn2c(C(=O)O)cc3c(OC)ccc(C4C(CCCOc5cc(C)c(Cl)c(C)c5)c5ccc(Cl)c(-c6c(C)ncnc6C)c5N4[C@H](C)CNC=O)c32)c1. The number of nitrogens with zero attached hydrogens (tertiary/aromatic N) is 5. The molecule has 312 valence electrons. The molecule has 0 radical (unpaired) electrons. The summed E-state index contributed by atoms with van der Waals surface area (Å²) in [5.41, 5.74) is 9.26. The van der Waals surface area contributed by atoms with Gasteiger partial charge >= 0.3 is 5.97 Å². The molecule has 0 aliphatic carbocycles. The van der Waals surface area contributed by atoms with Crippen molar-refractivity contribution in [3.8, 4) is 28.4 Å². The molecule has 3 aromatic heterocycles. The Morgan fingerprint density at radius 1 is 0.917 bits per heavy atom. The van der Waals surface area contributed by atoms with Crippen molar-refractivity contribution >= 4 is 52.2 Å². The Bertz CT molecular complexity index is 2550. The van der Waals surface area contributed by atoms with Gasteiger partial charge in [0.25, 0.3) is 0 Å². The summed E-state index contributed by atoms with van der Waals surface area (Å²) in [5.74, 6) is 0.620. The number of pyridine rings is 1. The average Bonchev–Trinajstić information content (AvgIpc) is 3.77. The van der Waals surface area contributed by atoms with E-state index in [1.807, 2.05) is 58.0 Å². The molecule has 0 fully saturated rings. The molecule has 1 aliphatic heterocycles. The molecular weight excluding hydrogens is 803 g/mol. The van der Waals surface area contributed by atoms with Crippen LogP contribution in [-0.2, 0) is 11.3 Å². The Kier molecular flexibility index (Phi) is 12.5. The maximum absolute atomic E-state index is 13.1. The number of carboxylic acids is 1. The number of carbonyl (C=O) groups excluding carboxylic acids is 1. The van der Waals surface area contributed by atoms with E-state index in [0.29, 0.717) is 65.5 Å². The summed E-state index contributed by atoms with van der Waals surface area (Å²) in [6.45, 7) is 10.8. The van der Waals surface area contributed by atoms with Gasteiger partial charge in [-0.2, -0.15) is 0 Å². The van der Waals surface area contributed by atoms with Crippen LogP contribution in [0.25, 0.3) is 22.0 Å². The first-order chi connectivity index (χ1) is 28.9. The number of carboxylic acid groups (broad SMARTS) is 1. The van der Waals surface area contributed by atoms with Gasteiger partial charge in [0.05, 0.1) is 55.3 Å². The fraction of sp³-hybridized carbons (Fsp3) is 0.326. The van der Waals surface area contributed by atoms with Gasteiger partial charge in [0.2, 0.25) is 6.41 Å². The normalized spacial score (nSPS) is 15.2. The van der Waals surface area contributed by atoms with Crippen LogP contribution in [0, 0.1) is 27.7 Å². The first-order valence-corrected chi connectivity index (χ1v) is 20.5. The standard InChI is InChI=1S/C46H48Cl2N6O6/c1-25-17-32(18-26(2)42(25)48)60-16-8-9-33-34-10-12-37(47)41(40-28(4)51-23-52-29(40)5)45(34)54(27(3)21-49-24-55)44(33)35-11-13-39(59-7)36-20-38(46(56)57)53(43(35)36)22-30-19-31(58-6)14-15-50-30/h10-15,17-20,23-24,27,33,44H,8-9,16,21-22H2,1-7H3,(H,49,55)(H,56,57)/t27-,33?,44?/m1/s1. The molecule has 12 nitrogen and oxygen atoms in total. The number of anilines is 1. The minimum Gasteiger partial charge on any atom is -0.497 e. The summed E-state index contributed by atoms with van der Waals surface area (Å²) in [7, 11) is 3.16. The van der Waals surface area contributed by atoms with Crippen LogP contribution >= 0.6 is 23.2 Å². The summed E-state index contributed by atoms with van der Waals surface area (Å²) in [6.07, 6.45) is 5.25. The van der Waals surface area contributed by atoms with Gasteiger partial charge < -0.3 is 34.1 Å². The van der Waals surface area contributed by atoms with Crippen LogP contribution in [0.2, 0.25) is 10.0 Å². The molecule has 0 saturated carbocycles. The number of amides is 1. The lowest BCUT2D eigenvalue weighted by atomic mass is 9.85. The zero-order valence-electron chi connectivity index (χ0n) is 34.7. The summed E-state index contributed by atoms with van der Waals surface area (Å²) in [6, 6.07) is 16.4. The van der Waals surface area contributed by atoms with Crippen molar-refractivity contribution < 1.29 is 28.9 Å². The van der Waals surface area contributed by atoms with Gasteiger partial charge in [-0.1, -0.05) is 35.3 Å². The predicted octanol–water partition coefficient (Wildman–Crippen LogP) is 9.44. The number of methoxy groups -OCH3 is 2. The highest BCUT2D eigenvalue weighted by molar-refractivity contribution is 6.34. The van der Waals surface area contributed by atoms with Gasteiger partial charge in [0.1, 0.15) is 29.3 Å². The number of hydrogen-bond acceptors (Lipinski definition) is 9. The monoisotopic (exact) mass is 850 g/mol. The van der Waals surface area contributed by atoms with E-state index in [4.69, 9.17) is 37.4 Å². The van der Waals surface area contributed by atoms with E-state index < -0.39 is 12.0 Å². The van der Waals surface area contributed by atoms with Gasteiger partial charge in [-0.25, -0.2) is 14.8 Å². The molecule has 7 rings (SSSR count). The number of halogens is 2. The number of benzene rings is 3. The zero-order chi connectivity index (χ0) is 42.8. The number of aryl methyl sites for hydroxylation is 4. The van der Waals surface area contributed by atoms with Crippen molar-refractivity contribution in [1.29, 1.82) is 0 Å². The van der Waals surface area contributed by atoms with Gasteiger partial charge in [0, 0.05) is 63.7 Å². The second-order valence-electron chi connectivity index (χ2n) is 15.2. The summed E-state index contributed by atoms with van der Waals surface area (Å²) >= 11 is 13.7. The topological polar surface area (TPSA) is 141 Å². The van der Waals surface area contributed by atoms with E-state index in [1.54, 1.807) is 49.5 Å². The fourth-order valence-corrected chi connectivity index (χ4v) is 9.16. The molecule has 3 atom stereocenters. The van der Waals surface area contributed by atoms with Crippen LogP contribution in [0.15, 0.2) is 67.1 Å². The number of hydrogen-bond donors (Lipinski definition) is 2. The summed E-state index contributed by atoms with van der Waals surface area (Å²) in [4.78, 5) is 41.1. The van der Waals surface area contributed by atoms with E-state index in [2.05, 4.69) is 38.2 Å². The maximum Gasteiger partial charge on any atom is 0.352 e. The lowest BCUT2D eigenvalue weighted by molar-refractivity contribution is -0.109. The van der Waals surface area contributed by atoms with Crippen molar-refractivity contribution in [2.75, 3.05) is 32.3 Å². The fourth-order valence-electron chi connectivity index (χ4n) is 8.80. The number of aromatic carboxylic acids is 1. The first-order valence-electron chi connectivity index (χ1n) is 19.8. The minimum absolute atomic E-state index is 0.0769. The molecule has 4 heterocycles. The molecule has 6 aromatic rings. The number of fused-ring (bicyclic) bond motifs is 2. The Morgan fingerprint density at radius 3 is 2.30 bits per heavy atom. The lowest BCUT2D eigenvalue weighted by Gasteiger charge is -2.37. The second-order valence-corrected chi connectivity index (χ2v) is 16.0. The third-order valence-electron chi connectivity index (χ3n) is 11.4. The summed E-state index contributed by atoms with van der Waals surface area (Å²) < 4.78 is 19.6. The van der Waals surface area contributed by atoms with E-state index in [0.717, 1.165) is 61.2 Å². The van der Waals surface area contributed by atoms with Crippen LogP contribution in [0.3, 0.4) is 0 Å². The van der Waals surface area contributed by atoms with Crippen molar-refractivity contribution in [1.82, 2.24) is 24.8 Å². The lowest BCUT2D eigenvalue weighted by Crippen LogP contribution is -2.42. The van der Waals surface area contributed by atoms with Crippen molar-refractivity contribution in [3.05, 3.63) is 122 Å². The van der Waals surface area contributed by atoms with Gasteiger partial charge in [-0.3, -0.25) is 9.78 Å². The van der Waals surface area contributed by atoms with Crippen molar-refractivity contribution in [2.45, 2.75) is 72.0 Å². The summed E-state index contributed by atoms with van der Waals surface area (Å²) in [5, 5.41) is 15.5. The maximum atomic E-state index is 13.1. The van der Waals surface area contributed by atoms with Gasteiger partial charge in [-0.05, 0) is 106 Å². The molecule has 0 bridgehead atoms. The molecular formula is C46H48Cl2N6O6. The number of ether oxygens (including phenoxy) is 3. The van der Waals surface area contributed by atoms with Crippen molar-refractivity contribution in [3.63, 3.8) is 0 Å². The quantitative estimate of drug-likeness (QED) is 0.0715. The smallest absolute Gasteiger partial charge is 0.352 e. The largest absolute Gasteiger partial charge is 0.497 e. The number of rotatable bonds is 16. The van der Waals surface area contributed by atoms with E-state index in [1.165, 1.54) is 0 Å². The predicted molar refractivity (Wildman–Crippen MR) is 234 cm³/mol. The molecule has 3 aromatic carbocycles. The highest BCUT2D eigenvalue weighted by Crippen LogP contribution is 2.58. The Labute approximate surface area is 359 Å². The van der Waals surface area contributed by atoms with Gasteiger partial charge in [0.15, 0.2) is 0 Å². The van der Waals surface area contributed by atoms with Crippen LogP contribution < -0.4 is 24.4 Å². The Hall–Kier alpha value is -5.85. The Morgan fingerprint density at radius 2 is 1.63 bits per heavy atom. The number of aromatic nitrogens is 4. The van der Waals surface area contributed by atoms with Gasteiger partial charge in [-0.15, -0.1) is 0 Å². The average molecular weight is 852 g/mol. The highest BCUT2D eigenvalue weighted by Gasteiger charge is 2.45. The molecule has 0 spiro atoms. The molecule has 0 saturated heterocycles. The van der Waals surface area contributed by atoms with Crippen LogP contribution in [-0.4, -0.2) is 70.4 Å². The van der Waals surface area contributed by atoms with E-state index >= 15 is 0 Å². The number of carbonyl (C=O) groups is 2. The van der Waals surface area contributed by atoms with Crippen LogP contribution in [0.5, 0.6) is 17.2 Å². The molecule has 1 aliphatic rings. The molecule has 2 N–H and O–H groups in total. The first kappa shape index (κ1) is 42.3. The highest BCUT2D eigenvalue weighted by atomic mass is 35.5.